The monoisotopic (exact) mass is 313 g/mol. The molecule has 2 heterocycles. The van der Waals surface area contributed by atoms with Crippen molar-refractivity contribution in [3.63, 3.8) is 0 Å². The standard InChI is InChI=1S/C20H31N3/c1-2-13-23(12-1)15-16-6-8-18(9-7-16)20(17-4-3-5-17)19-14-21-10-11-22-19/h6-9,17,19-22H,1-5,10-15H2. The first-order valence-corrected chi connectivity index (χ1v) is 9.65. The Bertz CT molecular complexity index is 482. The van der Waals surface area contributed by atoms with Gasteiger partial charge < -0.3 is 10.6 Å². The van der Waals surface area contributed by atoms with Crippen LogP contribution >= 0.6 is 0 Å². The Morgan fingerprint density at radius 1 is 1.00 bits per heavy atom. The van der Waals surface area contributed by atoms with E-state index in [9.17, 15) is 0 Å². The molecule has 1 aromatic rings. The van der Waals surface area contributed by atoms with Gasteiger partial charge in [0.25, 0.3) is 0 Å². The Morgan fingerprint density at radius 3 is 2.39 bits per heavy atom. The van der Waals surface area contributed by atoms with Gasteiger partial charge in [-0.05, 0) is 55.8 Å². The third-order valence-electron chi connectivity index (χ3n) is 6.13. The maximum Gasteiger partial charge on any atom is 0.0264 e. The van der Waals surface area contributed by atoms with Gasteiger partial charge in [0.05, 0.1) is 0 Å². The molecular weight excluding hydrogens is 282 g/mol. The molecule has 3 heteroatoms. The zero-order valence-electron chi connectivity index (χ0n) is 14.3. The first-order chi connectivity index (χ1) is 11.4. The number of rotatable bonds is 5. The quantitative estimate of drug-likeness (QED) is 0.875. The fourth-order valence-electron chi connectivity index (χ4n) is 4.61. The highest BCUT2D eigenvalue weighted by molar-refractivity contribution is 5.28. The van der Waals surface area contributed by atoms with Crippen molar-refractivity contribution in [2.24, 2.45) is 5.92 Å². The normalized spacial score (nSPS) is 27.7. The summed E-state index contributed by atoms with van der Waals surface area (Å²) in [7, 11) is 0. The molecule has 2 saturated heterocycles. The molecule has 0 spiro atoms. The maximum atomic E-state index is 3.77. The molecular formula is C20H31N3. The molecule has 126 valence electrons. The fraction of sp³-hybridized carbons (Fsp3) is 0.700. The molecule has 0 bridgehead atoms. The van der Waals surface area contributed by atoms with Crippen LogP contribution in [0.4, 0.5) is 0 Å². The third-order valence-corrected chi connectivity index (χ3v) is 6.13. The minimum absolute atomic E-state index is 0.610. The molecule has 2 unspecified atom stereocenters. The number of piperazine rings is 1. The number of nitrogens with one attached hydrogen (secondary N) is 2. The van der Waals surface area contributed by atoms with E-state index in [1.807, 2.05) is 0 Å². The van der Waals surface area contributed by atoms with Gasteiger partial charge in [0.2, 0.25) is 0 Å². The van der Waals surface area contributed by atoms with E-state index in [1.54, 1.807) is 5.56 Å². The summed E-state index contributed by atoms with van der Waals surface area (Å²) in [5.74, 6) is 1.58. The average Bonchev–Trinajstić information content (AvgIpc) is 3.05. The lowest BCUT2D eigenvalue weighted by atomic mass is 9.69. The number of likely N-dealkylation sites (tertiary alicyclic amines) is 1. The molecule has 1 aliphatic carbocycles. The summed E-state index contributed by atoms with van der Waals surface area (Å²) in [6.45, 7) is 7.05. The smallest absolute Gasteiger partial charge is 0.0264 e. The lowest BCUT2D eigenvalue weighted by Crippen LogP contribution is -2.53. The van der Waals surface area contributed by atoms with Gasteiger partial charge in [-0.25, -0.2) is 0 Å². The molecule has 3 nitrogen and oxygen atoms in total. The molecule has 2 aliphatic heterocycles. The van der Waals surface area contributed by atoms with Crippen LogP contribution in [0.5, 0.6) is 0 Å². The van der Waals surface area contributed by atoms with Crippen LogP contribution < -0.4 is 10.6 Å². The molecule has 1 aromatic carbocycles. The van der Waals surface area contributed by atoms with Crippen LogP contribution in [0.1, 0.15) is 49.1 Å². The Morgan fingerprint density at radius 2 is 1.78 bits per heavy atom. The maximum absolute atomic E-state index is 3.77. The Hall–Kier alpha value is -0.900. The molecule has 23 heavy (non-hydrogen) atoms. The van der Waals surface area contributed by atoms with E-state index in [0.29, 0.717) is 12.0 Å². The van der Waals surface area contributed by atoms with Gasteiger partial charge in [-0.15, -0.1) is 0 Å². The summed E-state index contributed by atoms with van der Waals surface area (Å²) < 4.78 is 0. The lowest BCUT2D eigenvalue weighted by Gasteiger charge is -2.41. The molecule has 4 rings (SSSR count). The van der Waals surface area contributed by atoms with Gasteiger partial charge in [0, 0.05) is 38.1 Å². The van der Waals surface area contributed by atoms with Crippen molar-refractivity contribution >= 4 is 0 Å². The minimum Gasteiger partial charge on any atom is -0.314 e. The van der Waals surface area contributed by atoms with Gasteiger partial charge in [-0.3, -0.25) is 4.90 Å². The summed E-state index contributed by atoms with van der Waals surface area (Å²) in [6, 6.07) is 10.2. The third kappa shape index (κ3) is 3.62. The second-order valence-corrected chi connectivity index (χ2v) is 7.71. The highest BCUT2D eigenvalue weighted by Gasteiger charge is 2.34. The Labute approximate surface area is 140 Å². The van der Waals surface area contributed by atoms with Crippen LogP contribution in [0.3, 0.4) is 0 Å². The predicted molar refractivity (Wildman–Crippen MR) is 95.7 cm³/mol. The van der Waals surface area contributed by atoms with Crippen LogP contribution in [0.2, 0.25) is 0 Å². The summed E-state index contributed by atoms with van der Waals surface area (Å²) in [4.78, 5) is 2.59. The summed E-state index contributed by atoms with van der Waals surface area (Å²) in [6.07, 6.45) is 7.01. The van der Waals surface area contributed by atoms with E-state index in [4.69, 9.17) is 0 Å². The van der Waals surface area contributed by atoms with Crippen molar-refractivity contribution in [3.05, 3.63) is 35.4 Å². The van der Waals surface area contributed by atoms with Gasteiger partial charge >= 0.3 is 0 Å². The van der Waals surface area contributed by atoms with Gasteiger partial charge in [0.15, 0.2) is 0 Å². The van der Waals surface area contributed by atoms with Crippen LogP contribution in [-0.4, -0.2) is 43.7 Å². The zero-order valence-corrected chi connectivity index (χ0v) is 14.3. The molecule has 0 radical (unpaired) electrons. The van der Waals surface area contributed by atoms with Crippen LogP contribution in [-0.2, 0) is 6.54 Å². The largest absolute Gasteiger partial charge is 0.314 e. The van der Waals surface area contributed by atoms with E-state index >= 15 is 0 Å². The van der Waals surface area contributed by atoms with Crippen molar-refractivity contribution in [1.29, 1.82) is 0 Å². The van der Waals surface area contributed by atoms with E-state index in [0.717, 1.165) is 32.1 Å². The first kappa shape index (κ1) is 15.6. The second-order valence-electron chi connectivity index (χ2n) is 7.71. The first-order valence-electron chi connectivity index (χ1n) is 9.65. The Balaban J connectivity index is 1.46. The highest BCUT2D eigenvalue weighted by Crippen LogP contribution is 2.41. The van der Waals surface area contributed by atoms with Gasteiger partial charge in [-0.1, -0.05) is 30.7 Å². The summed E-state index contributed by atoms with van der Waals surface area (Å²) in [5, 5.41) is 7.35. The molecule has 3 aliphatic rings. The predicted octanol–water partition coefficient (Wildman–Crippen LogP) is 2.73. The van der Waals surface area contributed by atoms with Crippen molar-refractivity contribution in [2.45, 2.75) is 50.6 Å². The van der Waals surface area contributed by atoms with Gasteiger partial charge in [0.1, 0.15) is 0 Å². The summed E-state index contributed by atoms with van der Waals surface area (Å²) in [5.41, 5.74) is 3.04. The number of benzene rings is 1. The number of hydrogen-bond donors (Lipinski definition) is 2. The molecule has 0 aromatic heterocycles. The second kappa shape index (κ2) is 7.33. The van der Waals surface area contributed by atoms with E-state index in [2.05, 4.69) is 39.8 Å². The zero-order chi connectivity index (χ0) is 15.5. The molecule has 1 saturated carbocycles. The number of nitrogens with zero attached hydrogens (tertiary/aromatic N) is 1. The average molecular weight is 313 g/mol. The molecule has 3 fully saturated rings. The topological polar surface area (TPSA) is 27.3 Å². The fourth-order valence-corrected chi connectivity index (χ4v) is 4.61. The van der Waals surface area contributed by atoms with Crippen LogP contribution in [0.25, 0.3) is 0 Å². The highest BCUT2D eigenvalue weighted by atomic mass is 15.1. The molecule has 2 N–H and O–H groups in total. The van der Waals surface area contributed by atoms with Gasteiger partial charge in [-0.2, -0.15) is 0 Å². The van der Waals surface area contributed by atoms with Crippen molar-refractivity contribution in [3.8, 4) is 0 Å². The number of hydrogen-bond acceptors (Lipinski definition) is 3. The molecule has 0 amide bonds. The van der Waals surface area contributed by atoms with Crippen molar-refractivity contribution in [1.82, 2.24) is 15.5 Å². The Kier molecular flexibility index (Phi) is 4.98. The van der Waals surface area contributed by atoms with Crippen LogP contribution in [0.15, 0.2) is 24.3 Å². The van der Waals surface area contributed by atoms with Crippen molar-refractivity contribution in [2.75, 3.05) is 32.7 Å². The summed E-state index contributed by atoms with van der Waals surface area (Å²) >= 11 is 0. The lowest BCUT2D eigenvalue weighted by molar-refractivity contribution is 0.206. The van der Waals surface area contributed by atoms with Crippen LogP contribution in [0, 0.1) is 5.92 Å². The SMILES string of the molecule is c1cc(C(C2CCC2)C2CNCCN2)ccc1CN1CCCC1. The minimum atomic E-state index is 0.610. The van der Waals surface area contributed by atoms with Crippen molar-refractivity contribution < 1.29 is 0 Å². The molecule has 2 atom stereocenters. The van der Waals surface area contributed by atoms with E-state index in [-0.39, 0.29) is 0 Å². The van der Waals surface area contributed by atoms with E-state index < -0.39 is 0 Å². The van der Waals surface area contributed by atoms with E-state index in [1.165, 1.54) is 50.8 Å².